The average Bonchev–Trinajstić information content (AvgIpc) is 2.64. The highest BCUT2D eigenvalue weighted by atomic mass is 35.5. The van der Waals surface area contributed by atoms with Gasteiger partial charge in [-0.05, 0) is 25.0 Å². The first-order valence-electron chi connectivity index (χ1n) is 5.84. The predicted molar refractivity (Wildman–Crippen MR) is 73.3 cm³/mol. The number of thiophene rings is 1. The maximum Gasteiger partial charge on any atom is 0.264 e. The highest BCUT2D eigenvalue weighted by molar-refractivity contribution is 7.17. The van der Waals surface area contributed by atoms with Gasteiger partial charge in [0.2, 0.25) is 0 Å². The van der Waals surface area contributed by atoms with E-state index in [1.807, 2.05) is 4.90 Å². The van der Waals surface area contributed by atoms with E-state index in [9.17, 15) is 4.79 Å². The Hall–Kier alpha value is -0.250. The summed E-state index contributed by atoms with van der Waals surface area (Å²) in [6.45, 7) is 0.811. The normalized spacial score (nSPS) is 21.3. The van der Waals surface area contributed by atoms with Crippen LogP contribution in [0.2, 0.25) is 4.34 Å². The molecular weight excluding hydrogens is 277 g/mol. The standard InChI is InChI=1S/C12H15Cl2NOS/c13-8-9-4-2-1-3-7-15(9)12(16)10-5-6-11(14)17-10/h5-6,9H,1-4,7-8H2. The number of carbonyl (C=O) groups excluding carboxylic acids is 1. The molecule has 1 atom stereocenters. The summed E-state index contributed by atoms with van der Waals surface area (Å²) in [6.07, 6.45) is 4.42. The summed E-state index contributed by atoms with van der Waals surface area (Å²) in [5.41, 5.74) is 0. The third kappa shape index (κ3) is 3.15. The van der Waals surface area contributed by atoms with Crippen molar-refractivity contribution >= 4 is 40.4 Å². The van der Waals surface area contributed by atoms with E-state index in [-0.39, 0.29) is 11.9 Å². The molecule has 1 aliphatic heterocycles. The summed E-state index contributed by atoms with van der Waals surface area (Å²) in [6, 6.07) is 3.74. The number of hydrogen-bond acceptors (Lipinski definition) is 2. The molecule has 1 aromatic rings. The van der Waals surface area contributed by atoms with E-state index in [2.05, 4.69) is 0 Å². The first-order valence-corrected chi connectivity index (χ1v) is 7.57. The van der Waals surface area contributed by atoms with Crippen molar-refractivity contribution in [3.05, 3.63) is 21.3 Å². The van der Waals surface area contributed by atoms with Crippen molar-refractivity contribution in [3.8, 4) is 0 Å². The molecule has 94 valence electrons. The zero-order chi connectivity index (χ0) is 12.3. The first kappa shape index (κ1) is 13.2. The fourth-order valence-corrected chi connectivity index (χ4v) is 3.50. The number of likely N-dealkylation sites (tertiary alicyclic amines) is 1. The predicted octanol–water partition coefficient (Wildman–Crippen LogP) is 4.03. The summed E-state index contributed by atoms with van der Waals surface area (Å²) in [4.78, 5) is 15.0. The lowest BCUT2D eigenvalue weighted by Crippen LogP contribution is -2.40. The second-order valence-corrected chi connectivity index (χ2v) is 6.28. The van der Waals surface area contributed by atoms with Crippen molar-refractivity contribution < 1.29 is 4.79 Å². The molecule has 17 heavy (non-hydrogen) atoms. The highest BCUT2D eigenvalue weighted by Gasteiger charge is 2.26. The van der Waals surface area contributed by atoms with Gasteiger partial charge in [0, 0.05) is 18.5 Å². The van der Waals surface area contributed by atoms with Gasteiger partial charge >= 0.3 is 0 Å². The third-order valence-electron chi connectivity index (χ3n) is 3.10. The molecule has 1 saturated heterocycles. The van der Waals surface area contributed by atoms with Gasteiger partial charge in [0.15, 0.2) is 0 Å². The molecule has 0 aliphatic carbocycles. The lowest BCUT2D eigenvalue weighted by Gasteiger charge is -2.28. The molecule has 2 rings (SSSR count). The van der Waals surface area contributed by atoms with Gasteiger partial charge in [-0.2, -0.15) is 0 Å². The van der Waals surface area contributed by atoms with Crippen LogP contribution in [0.4, 0.5) is 0 Å². The molecule has 1 unspecified atom stereocenters. The average molecular weight is 292 g/mol. The Kier molecular flexibility index (Phi) is 4.71. The molecule has 2 heterocycles. The van der Waals surface area contributed by atoms with Gasteiger partial charge in [-0.1, -0.05) is 24.4 Å². The molecule has 1 fully saturated rings. The van der Waals surface area contributed by atoms with Gasteiger partial charge in [0.1, 0.15) is 0 Å². The van der Waals surface area contributed by atoms with Crippen LogP contribution in [0.25, 0.3) is 0 Å². The smallest absolute Gasteiger partial charge is 0.264 e. The van der Waals surface area contributed by atoms with Crippen molar-refractivity contribution in [2.24, 2.45) is 0 Å². The fraction of sp³-hybridized carbons (Fsp3) is 0.583. The zero-order valence-electron chi connectivity index (χ0n) is 9.49. The van der Waals surface area contributed by atoms with Gasteiger partial charge < -0.3 is 4.90 Å². The van der Waals surface area contributed by atoms with E-state index in [4.69, 9.17) is 23.2 Å². The van der Waals surface area contributed by atoms with E-state index >= 15 is 0 Å². The van der Waals surface area contributed by atoms with Gasteiger partial charge in [0.05, 0.1) is 9.21 Å². The topological polar surface area (TPSA) is 20.3 Å². The lowest BCUT2D eigenvalue weighted by molar-refractivity contribution is 0.0705. The number of nitrogens with zero attached hydrogens (tertiary/aromatic N) is 1. The van der Waals surface area contributed by atoms with Gasteiger partial charge in [0.25, 0.3) is 5.91 Å². The molecule has 0 spiro atoms. The van der Waals surface area contributed by atoms with E-state index in [0.29, 0.717) is 15.1 Å². The molecule has 1 amide bonds. The van der Waals surface area contributed by atoms with Crippen LogP contribution in [0.1, 0.15) is 35.4 Å². The summed E-state index contributed by atoms with van der Waals surface area (Å²) in [5.74, 6) is 0.597. The summed E-state index contributed by atoms with van der Waals surface area (Å²) >= 11 is 13.2. The summed E-state index contributed by atoms with van der Waals surface area (Å²) < 4.78 is 0.658. The Morgan fingerprint density at radius 1 is 1.41 bits per heavy atom. The Bertz CT molecular complexity index is 394. The maximum absolute atomic E-state index is 12.4. The zero-order valence-corrected chi connectivity index (χ0v) is 11.8. The fourth-order valence-electron chi connectivity index (χ4n) is 2.18. The molecule has 0 bridgehead atoms. The second-order valence-electron chi connectivity index (χ2n) is 4.26. The molecule has 2 nitrogen and oxygen atoms in total. The van der Waals surface area contributed by atoms with Crippen LogP contribution in [0.3, 0.4) is 0 Å². The van der Waals surface area contributed by atoms with E-state index in [1.54, 1.807) is 12.1 Å². The molecule has 0 aromatic carbocycles. The monoisotopic (exact) mass is 291 g/mol. The molecule has 5 heteroatoms. The number of rotatable bonds is 2. The van der Waals surface area contributed by atoms with Crippen LogP contribution in [0.15, 0.2) is 12.1 Å². The largest absolute Gasteiger partial charge is 0.334 e. The van der Waals surface area contributed by atoms with Gasteiger partial charge in [-0.15, -0.1) is 22.9 Å². The number of carbonyl (C=O) groups is 1. The van der Waals surface area contributed by atoms with Crippen LogP contribution in [-0.2, 0) is 0 Å². The second kappa shape index (κ2) is 6.07. The van der Waals surface area contributed by atoms with Crippen molar-refractivity contribution in [3.63, 3.8) is 0 Å². The minimum Gasteiger partial charge on any atom is -0.334 e. The van der Waals surface area contributed by atoms with Crippen LogP contribution in [0.5, 0.6) is 0 Å². The summed E-state index contributed by atoms with van der Waals surface area (Å²) in [5, 5.41) is 0. The van der Waals surface area contributed by atoms with Crippen LogP contribution >= 0.6 is 34.5 Å². The molecule has 1 aliphatic rings. The number of halogens is 2. The minimum absolute atomic E-state index is 0.0782. The maximum atomic E-state index is 12.4. The van der Waals surface area contributed by atoms with E-state index in [0.717, 1.165) is 25.8 Å². The molecule has 0 N–H and O–H groups in total. The van der Waals surface area contributed by atoms with Crippen LogP contribution in [0, 0.1) is 0 Å². The molecule has 0 radical (unpaired) electrons. The Labute approximate surface area is 116 Å². The van der Waals surface area contributed by atoms with Crippen molar-refractivity contribution in [1.29, 1.82) is 0 Å². The summed E-state index contributed by atoms with van der Waals surface area (Å²) in [7, 11) is 0. The quantitative estimate of drug-likeness (QED) is 0.754. The minimum atomic E-state index is 0.0782. The van der Waals surface area contributed by atoms with Crippen LogP contribution < -0.4 is 0 Å². The highest BCUT2D eigenvalue weighted by Crippen LogP contribution is 2.26. The Morgan fingerprint density at radius 3 is 2.88 bits per heavy atom. The van der Waals surface area contributed by atoms with Crippen molar-refractivity contribution in [1.82, 2.24) is 4.90 Å². The van der Waals surface area contributed by atoms with Crippen molar-refractivity contribution in [2.45, 2.75) is 31.7 Å². The number of alkyl halides is 1. The van der Waals surface area contributed by atoms with Gasteiger partial charge in [-0.3, -0.25) is 4.79 Å². The Balaban J connectivity index is 2.15. The number of hydrogen-bond donors (Lipinski definition) is 0. The van der Waals surface area contributed by atoms with E-state index < -0.39 is 0 Å². The first-order chi connectivity index (χ1) is 8.22. The molecule has 0 saturated carbocycles. The molecule has 1 aromatic heterocycles. The molecular formula is C12H15Cl2NOS. The SMILES string of the molecule is O=C(c1ccc(Cl)s1)N1CCCCCC1CCl. The Morgan fingerprint density at radius 2 is 2.24 bits per heavy atom. The van der Waals surface area contributed by atoms with Crippen molar-refractivity contribution in [2.75, 3.05) is 12.4 Å². The van der Waals surface area contributed by atoms with Gasteiger partial charge in [-0.25, -0.2) is 0 Å². The number of amides is 1. The lowest BCUT2D eigenvalue weighted by atomic mass is 10.1. The third-order valence-corrected chi connectivity index (χ3v) is 4.68. The van der Waals surface area contributed by atoms with Crippen LogP contribution in [-0.4, -0.2) is 29.3 Å². The van der Waals surface area contributed by atoms with E-state index in [1.165, 1.54) is 17.8 Å².